The molecule has 2 fully saturated rings. The number of amides is 2. The molecule has 0 N–H and O–H groups in total. The van der Waals surface area contributed by atoms with Gasteiger partial charge in [0, 0.05) is 43.0 Å². The van der Waals surface area contributed by atoms with Crippen molar-refractivity contribution in [1.29, 1.82) is 0 Å². The highest BCUT2D eigenvalue weighted by Crippen LogP contribution is 2.29. The van der Waals surface area contributed by atoms with Crippen molar-refractivity contribution in [3.8, 4) is 0 Å². The third kappa shape index (κ3) is 4.40. The molecule has 2 amide bonds. The van der Waals surface area contributed by atoms with Crippen molar-refractivity contribution in [1.82, 2.24) is 9.80 Å². The smallest absolute Gasteiger partial charge is 0.224 e. The van der Waals surface area contributed by atoms with Gasteiger partial charge in [-0.3, -0.25) is 9.59 Å². The summed E-state index contributed by atoms with van der Waals surface area (Å²) in [6, 6.07) is 7.98. The van der Waals surface area contributed by atoms with Gasteiger partial charge < -0.3 is 9.80 Å². The van der Waals surface area contributed by atoms with Crippen LogP contribution in [0.1, 0.15) is 57.9 Å². The van der Waals surface area contributed by atoms with Crippen molar-refractivity contribution in [3.05, 3.63) is 34.9 Å². The van der Waals surface area contributed by atoms with Crippen LogP contribution in [0, 0.1) is 5.92 Å². The standard InChI is InChI=1S/C21H29ClN2O2/c1-15(2)12-17-7-5-11-23(17)21(26)13-18-9-10-20(25)24(18)14-16-6-3-4-8-19(16)22/h3-4,6,8,15,17-18H,5,7,9-14H2,1-2H3. The highest BCUT2D eigenvalue weighted by molar-refractivity contribution is 6.31. The minimum atomic E-state index is -0.00780. The van der Waals surface area contributed by atoms with E-state index < -0.39 is 0 Å². The molecule has 0 aliphatic carbocycles. The average Bonchev–Trinajstić information content (AvgIpc) is 3.17. The molecule has 142 valence electrons. The number of halogens is 1. The molecule has 0 radical (unpaired) electrons. The number of carbonyl (C=O) groups is 2. The lowest BCUT2D eigenvalue weighted by Crippen LogP contribution is -2.41. The minimum Gasteiger partial charge on any atom is -0.340 e. The van der Waals surface area contributed by atoms with Crippen LogP contribution in [0.15, 0.2) is 24.3 Å². The van der Waals surface area contributed by atoms with Crippen molar-refractivity contribution < 1.29 is 9.59 Å². The number of rotatable bonds is 6. The van der Waals surface area contributed by atoms with Gasteiger partial charge in [-0.15, -0.1) is 0 Å². The normalized spacial score (nSPS) is 23.3. The van der Waals surface area contributed by atoms with Crippen molar-refractivity contribution in [2.75, 3.05) is 6.54 Å². The minimum absolute atomic E-state index is 0.00780. The predicted octanol–water partition coefficient (Wildman–Crippen LogP) is 4.26. The fourth-order valence-corrected chi connectivity index (χ4v) is 4.50. The highest BCUT2D eigenvalue weighted by Gasteiger charge is 2.36. The highest BCUT2D eigenvalue weighted by atomic mass is 35.5. The second-order valence-electron chi connectivity index (χ2n) is 8.02. The molecule has 0 aromatic heterocycles. The average molecular weight is 377 g/mol. The second kappa shape index (κ2) is 8.43. The Morgan fingerprint density at radius 3 is 2.73 bits per heavy atom. The van der Waals surface area contributed by atoms with Crippen molar-refractivity contribution in [2.24, 2.45) is 5.92 Å². The van der Waals surface area contributed by atoms with E-state index in [2.05, 4.69) is 18.7 Å². The number of likely N-dealkylation sites (tertiary alicyclic amines) is 2. The lowest BCUT2D eigenvalue weighted by molar-refractivity contribution is -0.135. The summed E-state index contributed by atoms with van der Waals surface area (Å²) in [4.78, 5) is 29.2. The molecule has 2 saturated heterocycles. The van der Waals surface area contributed by atoms with E-state index in [0.29, 0.717) is 36.4 Å². The first-order valence-corrected chi connectivity index (χ1v) is 10.2. The van der Waals surface area contributed by atoms with E-state index in [0.717, 1.165) is 37.8 Å². The Bertz CT molecular complexity index is 661. The van der Waals surface area contributed by atoms with Crippen LogP contribution in [0.25, 0.3) is 0 Å². The maximum atomic E-state index is 12.9. The fraction of sp³-hybridized carbons (Fsp3) is 0.619. The van der Waals surface area contributed by atoms with E-state index in [1.54, 1.807) is 0 Å². The number of carbonyl (C=O) groups excluding carboxylic acids is 2. The first-order chi connectivity index (χ1) is 12.5. The molecular formula is C21H29ClN2O2. The van der Waals surface area contributed by atoms with Gasteiger partial charge in [-0.25, -0.2) is 0 Å². The zero-order valence-electron chi connectivity index (χ0n) is 15.8. The van der Waals surface area contributed by atoms with Crippen LogP contribution in [0.5, 0.6) is 0 Å². The van der Waals surface area contributed by atoms with Crippen molar-refractivity contribution >= 4 is 23.4 Å². The van der Waals surface area contributed by atoms with Gasteiger partial charge >= 0.3 is 0 Å². The molecular weight excluding hydrogens is 348 g/mol. The summed E-state index contributed by atoms with van der Waals surface area (Å²) in [7, 11) is 0. The lowest BCUT2D eigenvalue weighted by atomic mass is 10.0. The van der Waals surface area contributed by atoms with Gasteiger partial charge in [-0.1, -0.05) is 43.6 Å². The van der Waals surface area contributed by atoms with Crippen molar-refractivity contribution in [3.63, 3.8) is 0 Å². The van der Waals surface area contributed by atoms with E-state index in [9.17, 15) is 9.59 Å². The first-order valence-electron chi connectivity index (χ1n) is 9.78. The zero-order valence-corrected chi connectivity index (χ0v) is 16.5. The monoisotopic (exact) mass is 376 g/mol. The zero-order chi connectivity index (χ0) is 18.7. The second-order valence-corrected chi connectivity index (χ2v) is 8.43. The summed E-state index contributed by atoms with van der Waals surface area (Å²) in [6.45, 7) is 5.77. The molecule has 2 heterocycles. The summed E-state index contributed by atoms with van der Waals surface area (Å²) < 4.78 is 0. The van der Waals surface area contributed by atoms with Gasteiger partial charge in [0.25, 0.3) is 0 Å². The molecule has 1 aromatic rings. The Labute approximate surface area is 161 Å². The predicted molar refractivity (Wildman–Crippen MR) is 104 cm³/mol. The van der Waals surface area contributed by atoms with E-state index >= 15 is 0 Å². The van der Waals surface area contributed by atoms with Crippen LogP contribution >= 0.6 is 11.6 Å². The summed E-state index contributed by atoms with van der Waals surface area (Å²) in [5.74, 6) is 0.929. The van der Waals surface area contributed by atoms with E-state index in [4.69, 9.17) is 11.6 Å². The quantitative estimate of drug-likeness (QED) is 0.744. The molecule has 2 unspecified atom stereocenters. The maximum Gasteiger partial charge on any atom is 0.224 e. The van der Waals surface area contributed by atoms with E-state index in [-0.39, 0.29) is 17.9 Å². The number of hydrogen-bond donors (Lipinski definition) is 0. The van der Waals surface area contributed by atoms with Gasteiger partial charge in [-0.2, -0.15) is 0 Å². The van der Waals surface area contributed by atoms with Gasteiger partial charge in [-0.05, 0) is 43.2 Å². The molecule has 0 spiro atoms. The molecule has 26 heavy (non-hydrogen) atoms. The third-order valence-electron chi connectivity index (χ3n) is 5.60. The molecule has 5 heteroatoms. The van der Waals surface area contributed by atoms with E-state index in [1.165, 1.54) is 0 Å². The Balaban J connectivity index is 1.65. The van der Waals surface area contributed by atoms with Crippen LogP contribution in [0.3, 0.4) is 0 Å². The number of nitrogens with zero attached hydrogens (tertiary/aromatic N) is 2. The van der Waals surface area contributed by atoms with Crippen LogP contribution in [-0.4, -0.2) is 40.2 Å². The number of benzene rings is 1. The molecule has 4 nitrogen and oxygen atoms in total. The first kappa shape index (κ1) is 19.2. The van der Waals surface area contributed by atoms with Crippen LogP contribution in [0.2, 0.25) is 5.02 Å². The van der Waals surface area contributed by atoms with Gasteiger partial charge in [0.15, 0.2) is 0 Å². The topological polar surface area (TPSA) is 40.6 Å². The third-order valence-corrected chi connectivity index (χ3v) is 5.97. The Morgan fingerprint density at radius 1 is 1.23 bits per heavy atom. The summed E-state index contributed by atoms with van der Waals surface area (Å²) in [6.07, 6.45) is 4.99. The molecule has 0 saturated carbocycles. The molecule has 2 atom stereocenters. The van der Waals surface area contributed by atoms with Gasteiger partial charge in [0.1, 0.15) is 0 Å². The van der Waals surface area contributed by atoms with Crippen LogP contribution < -0.4 is 0 Å². The van der Waals surface area contributed by atoms with E-state index in [1.807, 2.05) is 29.2 Å². The van der Waals surface area contributed by atoms with Crippen LogP contribution in [0.4, 0.5) is 0 Å². The molecule has 2 aliphatic rings. The Hall–Kier alpha value is -1.55. The molecule has 2 aliphatic heterocycles. The molecule has 1 aromatic carbocycles. The van der Waals surface area contributed by atoms with Gasteiger partial charge in [0.2, 0.25) is 11.8 Å². The maximum absolute atomic E-state index is 12.9. The lowest BCUT2D eigenvalue weighted by Gasteiger charge is -2.30. The summed E-state index contributed by atoms with van der Waals surface area (Å²) >= 11 is 6.26. The number of hydrogen-bond acceptors (Lipinski definition) is 2. The Morgan fingerprint density at radius 2 is 2.00 bits per heavy atom. The largest absolute Gasteiger partial charge is 0.340 e. The molecule has 3 rings (SSSR count). The molecule has 0 bridgehead atoms. The fourth-order valence-electron chi connectivity index (χ4n) is 4.30. The van der Waals surface area contributed by atoms with Crippen LogP contribution in [-0.2, 0) is 16.1 Å². The van der Waals surface area contributed by atoms with Crippen molar-refractivity contribution in [2.45, 2.75) is 71.0 Å². The summed E-state index contributed by atoms with van der Waals surface area (Å²) in [5, 5.41) is 0.675. The SMILES string of the molecule is CC(C)CC1CCCN1C(=O)CC1CCC(=O)N1Cc1ccccc1Cl. The Kier molecular flexibility index (Phi) is 6.23. The summed E-state index contributed by atoms with van der Waals surface area (Å²) in [5.41, 5.74) is 0.945. The van der Waals surface area contributed by atoms with Gasteiger partial charge in [0.05, 0.1) is 0 Å².